The molecule has 6 nitrogen and oxygen atoms in total. The molecule has 2 heterocycles. The van der Waals surface area contributed by atoms with Crippen molar-refractivity contribution in [3.8, 4) is 79.4 Å². The number of phenols is 4. The van der Waals surface area contributed by atoms with Gasteiger partial charge in [0.05, 0.1) is 10.8 Å². The summed E-state index contributed by atoms with van der Waals surface area (Å²) in [5.41, 5.74) is 13.1. The molecule has 20 rings (SSSR count). The molecule has 4 aliphatic rings. The molecule has 16 aromatic rings. The van der Waals surface area contributed by atoms with Crippen LogP contribution in [0, 0.1) is 0 Å². The van der Waals surface area contributed by atoms with Crippen molar-refractivity contribution < 1.29 is 29.9 Å². The third-order valence-electron chi connectivity index (χ3n) is 20.1. The minimum Gasteiger partial charge on any atom is -0.508 e. The summed E-state index contributed by atoms with van der Waals surface area (Å²) in [6.45, 7) is 0. The van der Waals surface area contributed by atoms with E-state index in [-0.39, 0.29) is 23.0 Å². The lowest BCUT2D eigenvalue weighted by Gasteiger charge is -2.41. The van der Waals surface area contributed by atoms with Crippen LogP contribution in [0.1, 0.15) is 44.5 Å². The molecule has 16 aromatic carbocycles. The molecule has 4 N–H and O–H groups in total. The molecular weight excluding hydrogens is 1080 g/mol. The van der Waals surface area contributed by atoms with Crippen LogP contribution in [0.25, 0.3) is 120 Å². The number of ether oxygens (including phenoxy) is 2. The molecule has 410 valence electrons. The van der Waals surface area contributed by atoms with Crippen LogP contribution in [0.15, 0.2) is 255 Å². The molecule has 0 fully saturated rings. The Morgan fingerprint density at radius 2 is 0.614 bits per heavy atom. The van der Waals surface area contributed by atoms with Crippen LogP contribution >= 0.6 is 0 Å². The number of hydrogen-bond donors (Lipinski definition) is 4. The highest BCUT2D eigenvalue weighted by Crippen LogP contribution is 2.67. The van der Waals surface area contributed by atoms with Gasteiger partial charge in [-0.15, -0.1) is 0 Å². The molecule has 0 saturated carbocycles. The van der Waals surface area contributed by atoms with Crippen LogP contribution in [0.4, 0.5) is 0 Å². The van der Waals surface area contributed by atoms with E-state index in [0.717, 1.165) is 136 Å². The minimum absolute atomic E-state index is 0.154. The third kappa shape index (κ3) is 6.10. The van der Waals surface area contributed by atoms with Crippen LogP contribution in [-0.2, 0) is 10.8 Å². The molecule has 0 radical (unpaired) electrons. The lowest BCUT2D eigenvalue weighted by Crippen LogP contribution is -2.32. The summed E-state index contributed by atoms with van der Waals surface area (Å²) in [7, 11) is 0. The predicted molar refractivity (Wildman–Crippen MR) is 353 cm³/mol. The maximum Gasteiger partial charge on any atom is 0.132 e. The van der Waals surface area contributed by atoms with Crippen LogP contribution in [0.3, 0.4) is 0 Å². The highest BCUT2D eigenvalue weighted by Gasteiger charge is 2.54. The zero-order valence-electron chi connectivity index (χ0n) is 46.9. The van der Waals surface area contributed by atoms with Crippen LogP contribution in [0.2, 0.25) is 0 Å². The van der Waals surface area contributed by atoms with E-state index in [1.165, 1.54) is 22.3 Å². The van der Waals surface area contributed by atoms with E-state index in [1.54, 1.807) is 36.4 Å². The molecule has 0 aromatic heterocycles. The number of fused-ring (bicyclic) bond motifs is 28. The molecule has 88 heavy (non-hydrogen) atoms. The smallest absolute Gasteiger partial charge is 0.132 e. The van der Waals surface area contributed by atoms with Crippen molar-refractivity contribution in [2.24, 2.45) is 0 Å². The van der Waals surface area contributed by atoms with E-state index in [9.17, 15) is 20.4 Å². The molecule has 0 unspecified atom stereocenters. The Labute approximate surface area is 502 Å². The van der Waals surface area contributed by atoms with Crippen LogP contribution in [-0.4, -0.2) is 20.4 Å². The van der Waals surface area contributed by atoms with Crippen molar-refractivity contribution in [1.82, 2.24) is 0 Å². The summed E-state index contributed by atoms with van der Waals surface area (Å²) in [6, 6.07) is 88.8. The van der Waals surface area contributed by atoms with Crippen LogP contribution < -0.4 is 9.47 Å². The number of benzene rings is 16. The van der Waals surface area contributed by atoms with E-state index in [1.807, 2.05) is 42.5 Å². The Balaban J connectivity index is 0.841. The molecule has 6 heteroatoms. The van der Waals surface area contributed by atoms with Gasteiger partial charge >= 0.3 is 0 Å². The number of phenolic OH excluding ortho intramolecular Hbond substituents is 4. The van der Waals surface area contributed by atoms with Gasteiger partial charge in [-0.2, -0.15) is 0 Å². The van der Waals surface area contributed by atoms with Crippen LogP contribution in [0.5, 0.6) is 46.0 Å². The van der Waals surface area contributed by atoms with E-state index in [0.29, 0.717) is 28.6 Å². The molecule has 0 atom stereocenters. The van der Waals surface area contributed by atoms with Crippen molar-refractivity contribution >= 4 is 86.2 Å². The first kappa shape index (κ1) is 47.7. The van der Waals surface area contributed by atoms with Crippen molar-refractivity contribution in [1.29, 1.82) is 0 Å². The van der Waals surface area contributed by atoms with Crippen molar-refractivity contribution in [3.63, 3.8) is 0 Å². The SMILES string of the molecule is Oc1ccc2cc3c(cc2c1)Oc1cc2cc(O)ccc2cc1C31c2cc3ccccc3cc2-c2cc3cc(-c4c(O)ccc5cc6c(cc45)Oc4cc5cc(O)ccc5cc4C64c5c(ccc6ccccc56)-c5ccc6ccccc6c54)ccc3cc21. The predicted octanol–water partition coefficient (Wildman–Crippen LogP) is 20.3. The Morgan fingerprint density at radius 3 is 1.14 bits per heavy atom. The fourth-order valence-electron chi connectivity index (χ4n) is 16.4. The fraction of sp³-hybridized carbons (Fsp3) is 0.0244. The van der Waals surface area contributed by atoms with E-state index < -0.39 is 10.8 Å². The number of aromatic hydroxyl groups is 4. The normalized spacial score (nSPS) is 14.2. The first-order valence-corrected chi connectivity index (χ1v) is 29.8. The van der Waals surface area contributed by atoms with Gasteiger partial charge in [0.1, 0.15) is 46.0 Å². The number of rotatable bonds is 1. The van der Waals surface area contributed by atoms with E-state index >= 15 is 0 Å². The Hall–Kier alpha value is -11.6. The average molecular weight is 1130 g/mol. The molecule has 2 aliphatic carbocycles. The zero-order chi connectivity index (χ0) is 58.1. The van der Waals surface area contributed by atoms with Gasteiger partial charge in [-0.1, -0.05) is 133 Å². The molecule has 0 amide bonds. The monoisotopic (exact) mass is 1130 g/mol. The standard InChI is InChI=1S/C82H46O6/c83-57-21-15-48-35-69-74(39-54(48)28-57)87-75-40-55-29-58(84)22-16-49(55)36-70(75)81(69)67-33-46-10-2-1-9-45(46)31-65(67)66-32-53-27-52(14-13-47(53)34-68(66)81)78-64-42-77-72(38-51(64)20-26-73(78)86)82(71-37-50-17-23-59(85)30-56(50)41-76(71)88-77)79-60-11-5-3-7-43(60)18-24-62(79)63-25-19-44-8-4-6-12-61(44)80(63)82/h1-42,83-86H. The minimum atomic E-state index is -0.868. The molecule has 0 bridgehead atoms. The van der Waals surface area contributed by atoms with Gasteiger partial charge in [0, 0.05) is 27.8 Å². The maximum atomic E-state index is 12.5. The van der Waals surface area contributed by atoms with Gasteiger partial charge in [0.15, 0.2) is 0 Å². The summed E-state index contributed by atoms with van der Waals surface area (Å²) in [5, 5.41) is 61.1. The second-order valence-corrected chi connectivity index (χ2v) is 24.5. The molecule has 0 saturated heterocycles. The fourth-order valence-corrected chi connectivity index (χ4v) is 16.4. The molecular formula is C82H46O6. The largest absolute Gasteiger partial charge is 0.508 e. The summed E-state index contributed by atoms with van der Waals surface area (Å²) >= 11 is 0. The second-order valence-electron chi connectivity index (χ2n) is 24.5. The van der Waals surface area contributed by atoms with E-state index in [4.69, 9.17) is 9.47 Å². The van der Waals surface area contributed by atoms with Gasteiger partial charge in [0.25, 0.3) is 0 Å². The summed E-state index contributed by atoms with van der Waals surface area (Å²) in [4.78, 5) is 0. The average Bonchev–Trinajstić information content (AvgIpc) is 1.43. The topological polar surface area (TPSA) is 99.4 Å². The maximum absolute atomic E-state index is 12.5. The molecule has 2 spiro atoms. The molecule has 2 aliphatic heterocycles. The summed E-state index contributed by atoms with van der Waals surface area (Å²) < 4.78 is 14.4. The Morgan fingerprint density at radius 1 is 0.239 bits per heavy atom. The van der Waals surface area contributed by atoms with Gasteiger partial charge in [-0.25, -0.2) is 0 Å². The quantitative estimate of drug-likeness (QED) is 0.131. The lowest BCUT2D eigenvalue weighted by molar-refractivity contribution is 0.438. The van der Waals surface area contributed by atoms with Gasteiger partial charge < -0.3 is 29.9 Å². The van der Waals surface area contributed by atoms with Crippen molar-refractivity contribution in [3.05, 3.63) is 299 Å². The Bertz CT molecular complexity index is 5780. The van der Waals surface area contributed by atoms with Gasteiger partial charge in [-0.3, -0.25) is 0 Å². The van der Waals surface area contributed by atoms with Crippen molar-refractivity contribution in [2.75, 3.05) is 0 Å². The van der Waals surface area contributed by atoms with Crippen molar-refractivity contribution in [2.45, 2.75) is 10.8 Å². The summed E-state index contributed by atoms with van der Waals surface area (Å²) in [6.07, 6.45) is 0. The van der Waals surface area contributed by atoms with E-state index in [2.05, 4.69) is 176 Å². The van der Waals surface area contributed by atoms with Gasteiger partial charge in [-0.05, 0) is 258 Å². The summed E-state index contributed by atoms with van der Waals surface area (Å²) in [5.74, 6) is 3.46. The Kier molecular flexibility index (Phi) is 9.02. The second kappa shape index (κ2) is 16.6. The third-order valence-corrected chi connectivity index (χ3v) is 20.1. The highest BCUT2D eigenvalue weighted by atomic mass is 16.5. The first-order valence-electron chi connectivity index (χ1n) is 29.8. The van der Waals surface area contributed by atoms with Gasteiger partial charge in [0.2, 0.25) is 0 Å². The number of hydrogen-bond acceptors (Lipinski definition) is 6. The highest BCUT2D eigenvalue weighted by molar-refractivity contribution is 6.11. The zero-order valence-corrected chi connectivity index (χ0v) is 46.9. The lowest BCUT2D eigenvalue weighted by atomic mass is 9.63. The first-order chi connectivity index (χ1) is 43.1.